The molecule has 0 saturated heterocycles. The Hall–Kier alpha value is -1.26. The number of hydrogen-bond donors (Lipinski definition) is 2. The number of carbonyl (C=O) groups is 2. The van der Waals surface area contributed by atoms with Gasteiger partial charge in [0.1, 0.15) is 6.54 Å². The van der Waals surface area contributed by atoms with E-state index in [0.717, 1.165) is 12.8 Å². The highest BCUT2D eigenvalue weighted by atomic mass is 16.4. The average Bonchev–Trinajstić information content (AvgIpc) is 2.34. The molecule has 0 saturated carbocycles. The van der Waals surface area contributed by atoms with Gasteiger partial charge < -0.3 is 15.3 Å². The number of urea groups is 1. The van der Waals surface area contributed by atoms with Gasteiger partial charge in [0.25, 0.3) is 0 Å². The van der Waals surface area contributed by atoms with Gasteiger partial charge in [0.15, 0.2) is 0 Å². The summed E-state index contributed by atoms with van der Waals surface area (Å²) in [6.07, 6.45) is 4.60. The third-order valence-electron chi connectivity index (χ3n) is 3.37. The maximum Gasteiger partial charge on any atom is 0.323 e. The normalized spacial score (nSPS) is 11.5. The lowest BCUT2D eigenvalue weighted by atomic mass is 9.87. The van der Waals surface area contributed by atoms with Crippen LogP contribution in [0.1, 0.15) is 60.3 Å². The van der Waals surface area contributed by atoms with Crippen LogP contribution in [0.3, 0.4) is 0 Å². The molecule has 0 aromatic carbocycles. The number of amides is 2. The number of carboxylic acids is 1. The van der Waals surface area contributed by atoms with Gasteiger partial charge in [0.2, 0.25) is 0 Å². The molecule has 0 aliphatic rings. The predicted molar refractivity (Wildman–Crippen MR) is 85.4 cm³/mol. The molecule has 0 aromatic heterocycles. The quantitative estimate of drug-likeness (QED) is 0.608. The fourth-order valence-electron chi connectivity index (χ4n) is 2.19. The first-order valence-electron chi connectivity index (χ1n) is 7.92. The van der Waals surface area contributed by atoms with Crippen LogP contribution in [0, 0.1) is 11.3 Å². The SMILES string of the molecule is CCCCCC(C)(C)CNC(=O)N(CC(=O)O)CC(C)C. The van der Waals surface area contributed by atoms with E-state index in [1.54, 1.807) is 0 Å². The van der Waals surface area contributed by atoms with Gasteiger partial charge >= 0.3 is 12.0 Å². The highest BCUT2D eigenvalue weighted by Crippen LogP contribution is 2.22. The molecule has 0 aromatic rings. The molecule has 5 nitrogen and oxygen atoms in total. The number of carboxylic acid groups (broad SMARTS) is 1. The van der Waals surface area contributed by atoms with E-state index in [0.29, 0.717) is 13.1 Å². The van der Waals surface area contributed by atoms with Crippen molar-refractivity contribution in [3.63, 3.8) is 0 Å². The summed E-state index contributed by atoms with van der Waals surface area (Å²) in [6.45, 7) is 11.1. The van der Waals surface area contributed by atoms with Crippen molar-refractivity contribution >= 4 is 12.0 Å². The zero-order valence-electron chi connectivity index (χ0n) is 14.2. The fraction of sp³-hybridized carbons (Fsp3) is 0.875. The highest BCUT2D eigenvalue weighted by molar-refractivity contribution is 5.80. The second kappa shape index (κ2) is 9.64. The van der Waals surface area contributed by atoms with Crippen LogP contribution >= 0.6 is 0 Å². The van der Waals surface area contributed by atoms with Gasteiger partial charge in [0, 0.05) is 13.1 Å². The Morgan fingerprint density at radius 1 is 1.24 bits per heavy atom. The van der Waals surface area contributed by atoms with Crippen LogP contribution in [-0.4, -0.2) is 41.6 Å². The zero-order valence-corrected chi connectivity index (χ0v) is 14.2. The van der Waals surface area contributed by atoms with Crippen LogP contribution in [0.25, 0.3) is 0 Å². The minimum absolute atomic E-state index is 0.0392. The molecular formula is C16H32N2O3. The standard InChI is InChI=1S/C16H32N2O3/c1-6-7-8-9-16(4,5)12-17-15(21)18(10-13(2)3)11-14(19)20/h13H,6-12H2,1-5H3,(H,17,21)(H,19,20). The van der Waals surface area contributed by atoms with Crippen LogP contribution in [0.15, 0.2) is 0 Å². The Labute approximate surface area is 129 Å². The Morgan fingerprint density at radius 2 is 1.86 bits per heavy atom. The molecule has 0 aliphatic carbocycles. The van der Waals surface area contributed by atoms with Gasteiger partial charge in [0.05, 0.1) is 0 Å². The Kier molecular flexibility index (Phi) is 9.06. The van der Waals surface area contributed by atoms with E-state index < -0.39 is 5.97 Å². The molecule has 0 spiro atoms. The van der Waals surface area contributed by atoms with Gasteiger partial charge in [-0.25, -0.2) is 4.79 Å². The molecule has 0 atom stereocenters. The molecule has 0 rings (SSSR count). The number of nitrogens with zero attached hydrogens (tertiary/aromatic N) is 1. The molecule has 0 aliphatic heterocycles. The molecule has 0 fully saturated rings. The molecule has 0 unspecified atom stereocenters. The molecule has 21 heavy (non-hydrogen) atoms. The monoisotopic (exact) mass is 300 g/mol. The third-order valence-corrected chi connectivity index (χ3v) is 3.37. The van der Waals surface area contributed by atoms with Gasteiger partial charge in [-0.05, 0) is 17.8 Å². The summed E-state index contributed by atoms with van der Waals surface area (Å²) < 4.78 is 0. The second-order valence-corrected chi connectivity index (χ2v) is 6.95. The maximum atomic E-state index is 12.1. The summed E-state index contributed by atoms with van der Waals surface area (Å²) in [5, 5.41) is 11.8. The van der Waals surface area contributed by atoms with Crippen molar-refractivity contribution in [1.29, 1.82) is 0 Å². The van der Waals surface area contributed by atoms with Crippen LogP contribution in [-0.2, 0) is 4.79 Å². The number of nitrogens with one attached hydrogen (secondary N) is 1. The Morgan fingerprint density at radius 3 is 2.33 bits per heavy atom. The van der Waals surface area contributed by atoms with E-state index in [2.05, 4.69) is 26.1 Å². The molecule has 124 valence electrons. The molecule has 2 N–H and O–H groups in total. The topological polar surface area (TPSA) is 69.6 Å². The van der Waals surface area contributed by atoms with Crippen molar-refractivity contribution in [2.24, 2.45) is 11.3 Å². The van der Waals surface area contributed by atoms with Crippen molar-refractivity contribution < 1.29 is 14.7 Å². The van der Waals surface area contributed by atoms with Crippen molar-refractivity contribution in [2.75, 3.05) is 19.6 Å². The first-order valence-corrected chi connectivity index (χ1v) is 7.92. The van der Waals surface area contributed by atoms with Crippen LogP contribution in [0.4, 0.5) is 4.79 Å². The largest absolute Gasteiger partial charge is 0.480 e. The maximum absolute atomic E-state index is 12.1. The van der Waals surface area contributed by atoms with Gasteiger partial charge in [-0.15, -0.1) is 0 Å². The van der Waals surface area contributed by atoms with E-state index in [-0.39, 0.29) is 23.9 Å². The van der Waals surface area contributed by atoms with Crippen LogP contribution in [0.5, 0.6) is 0 Å². The Balaban J connectivity index is 4.37. The van der Waals surface area contributed by atoms with Crippen LogP contribution in [0.2, 0.25) is 0 Å². The fourth-order valence-corrected chi connectivity index (χ4v) is 2.19. The number of carbonyl (C=O) groups excluding carboxylic acids is 1. The molecule has 2 amide bonds. The van der Waals surface area contributed by atoms with Crippen molar-refractivity contribution in [2.45, 2.75) is 60.3 Å². The van der Waals surface area contributed by atoms with Crippen molar-refractivity contribution in [3.05, 3.63) is 0 Å². The summed E-state index contributed by atoms with van der Waals surface area (Å²) in [5.74, 6) is -0.735. The lowest BCUT2D eigenvalue weighted by Crippen LogP contribution is -2.46. The van der Waals surface area contributed by atoms with Crippen molar-refractivity contribution in [3.8, 4) is 0 Å². The van der Waals surface area contributed by atoms with E-state index >= 15 is 0 Å². The van der Waals surface area contributed by atoms with Gasteiger partial charge in [-0.1, -0.05) is 53.9 Å². The van der Waals surface area contributed by atoms with Crippen molar-refractivity contribution in [1.82, 2.24) is 10.2 Å². The summed E-state index contributed by atoms with van der Waals surface area (Å²) in [5.41, 5.74) is 0.0392. The predicted octanol–water partition coefficient (Wildman–Crippen LogP) is 3.35. The molecule has 0 radical (unpaired) electrons. The number of hydrogen-bond acceptors (Lipinski definition) is 2. The smallest absolute Gasteiger partial charge is 0.323 e. The molecular weight excluding hydrogens is 268 g/mol. The zero-order chi connectivity index (χ0) is 16.5. The third kappa shape index (κ3) is 10.2. The molecule has 0 bridgehead atoms. The van der Waals surface area contributed by atoms with E-state index in [1.165, 1.54) is 17.7 Å². The second-order valence-electron chi connectivity index (χ2n) is 6.95. The van der Waals surface area contributed by atoms with E-state index in [4.69, 9.17) is 5.11 Å². The van der Waals surface area contributed by atoms with E-state index in [1.807, 2.05) is 13.8 Å². The first kappa shape index (κ1) is 19.7. The highest BCUT2D eigenvalue weighted by Gasteiger charge is 2.22. The molecule has 0 heterocycles. The summed E-state index contributed by atoms with van der Waals surface area (Å²) >= 11 is 0. The van der Waals surface area contributed by atoms with E-state index in [9.17, 15) is 9.59 Å². The van der Waals surface area contributed by atoms with Gasteiger partial charge in [-0.2, -0.15) is 0 Å². The molecule has 5 heteroatoms. The van der Waals surface area contributed by atoms with Gasteiger partial charge in [-0.3, -0.25) is 4.79 Å². The number of aliphatic carboxylic acids is 1. The average molecular weight is 300 g/mol. The minimum atomic E-state index is -0.979. The minimum Gasteiger partial charge on any atom is -0.480 e. The van der Waals surface area contributed by atoms with Crippen LogP contribution < -0.4 is 5.32 Å². The number of unbranched alkanes of at least 4 members (excludes halogenated alkanes) is 2. The summed E-state index contributed by atoms with van der Waals surface area (Å²) in [7, 11) is 0. The summed E-state index contributed by atoms with van der Waals surface area (Å²) in [4.78, 5) is 24.4. The summed E-state index contributed by atoms with van der Waals surface area (Å²) in [6, 6.07) is -0.283. The number of rotatable bonds is 10. The Bertz CT molecular complexity index is 327. The lowest BCUT2D eigenvalue weighted by molar-refractivity contribution is -0.137. The first-order chi connectivity index (χ1) is 9.68. The lowest BCUT2D eigenvalue weighted by Gasteiger charge is -2.28.